The lowest BCUT2D eigenvalue weighted by Gasteiger charge is -2.06. The fourth-order valence-corrected chi connectivity index (χ4v) is 2.00. The normalized spacial score (nSPS) is 10.4. The van der Waals surface area contributed by atoms with Gasteiger partial charge in [-0.05, 0) is 13.0 Å². The minimum Gasteiger partial charge on any atom is -0.264 e. The first kappa shape index (κ1) is 11.5. The van der Waals surface area contributed by atoms with Crippen LogP contribution < -0.4 is 0 Å². The SMILES string of the molecule is Cc1nc(-c2ccccc2)ncc1-c1cccnc1. The maximum absolute atomic E-state index is 4.58. The Kier molecular flexibility index (Phi) is 3.02. The number of rotatable bonds is 2. The minimum atomic E-state index is 0.755. The first-order valence-corrected chi connectivity index (χ1v) is 6.14. The molecule has 3 aromatic rings. The van der Waals surface area contributed by atoms with Crippen LogP contribution in [0.25, 0.3) is 22.5 Å². The summed E-state index contributed by atoms with van der Waals surface area (Å²) in [7, 11) is 0. The van der Waals surface area contributed by atoms with Crippen LogP contribution in [0.3, 0.4) is 0 Å². The third kappa shape index (κ3) is 2.36. The van der Waals surface area contributed by atoms with E-state index >= 15 is 0 Å². The number of aryl methyl sites for hydroxylation is 1. The Balaban J connectivity index is 2.04. The summed E-state index contributed by atoms with van der Waals surface area (Å²) in [5.41, 5.74) is 4.05. The number of nitrogens with zero attached hydrogens (tertiary/aromatic N) is 3. The van der Waals surface area contributed by atoms with Crippen LogP contribution in [-0.4, -0.2) is 15.0 Å². The van der Waals surface area contributed by atoms with E-state index in [1.165, 1.54) is 0 Å². The summed E-state index contributed by atoms with van der Waals surface area (Å²) in [6.07, 6.45) is 5.45. The summed E-state index contributed by atoms with van der Waals surface area (Å²) in [5, 5.41) is 0. The van der Waals surface area contributed by atoms with Crippen LogP contribution in [-0.2, 0) is 0 Å². The number of aromatic nitrogens is 3. The summed E-state index contributed by atoms with van der Waals surface area (Å²) >= 11 is 0. The lowest BCUT2D eigenvalue weighted by Crippen LogP contribution is -1.95. The van der Waals surface area contributed by atoms with Crippen LogP contribution in [0.15, 0.2) is 61.1 Å². The van der Waals surface area contributed by atoms with Crippen molar-refractivity contribution < 1.29 is 0 Å². The summed E-state index contributed by atoms with van der Waals surface area (Å²) in [6, 6.07) is 13.9. The lowest BCUT2D eigenvalue weighted by atomic mass is 10.1. The molecule has 0 amide bonds. The Hall–Kier alpha value is -2.55. The van der Waals surface area contributed by atoms with Crippen molar-refractivity contribution in [2.24, 2.45) is 0 Å². The van der Waals surface area contributed by atoms with Crippen LogP contribution >= 0.6 is 0 Å². The Labute approximate surface area is 112 Å². The molecule has 3 rings (SSSR count). The van der Waals surface area contributed by atoms with E-state index in [0.29, 0.717) is 0 Å². The molecule has 0 spiro atoms. The van der Waals surface area contributed by atoms with Crippen LogP contribution in [0.1, 0.15) is 5.69 Å². The monoisotopic (exact) mass is 247 g/mol. The van der Waals surface area contributed by atoms with Gasteiger partial charge in [-0.3, -0.25) is 4.98 Å². The van der Waals surface area contributed by atoms with Gasteiger partial charge in [0.05, 0.1) is 0 Å². The minimum absolute atomic E-state index is 0.755. The highest BCUT2D eigenvalue weighted by Crippen LogP contribution is 2.22. The van der Waals surface area contributed by atoms with Gasteiger partial charge in [0.25, 0.3) is 0 Å². The highest BCUT2D eigenvalue weighted by atomic mass is 14.9. The van der Waals surface area contributed by atoms with Gasteiger partial charge < -0.3 is 0 Å². The maximum atomic E-state index is 4.58. The van der Waals surface area contributed by atoms with E-state index in [-0.39, 0.29) is 0 Å². The summed E-state index contributed by atoms with van der Waals surface area (Å²) in [6.45, 7) is 2.00. The van der Waals surface area contributed by atoms with Gasteiger partial charge in [-0.2, -0.15) is 0 Å². The molecule has 2 heterocycles. The summed E-state index contributed by atoms with van der Waals surface area (Å²) in [5.74, 6) is 0.755. The van der Waals surface area contributed by atoms with Gasteiger partial charge >= 0.3 is 0 Å². The molecule has 0 radical (unpaired) electrons. The second kappa shape index (κ2) is 4.98. The maximum Gasteiger partial charge on any atom is 0.159 e. The zero-order chi connectivity index (χ0) is 13.1. The Morgan fingerprint density at radius 3 is 2.32 bits per heavy atom. The standard InChI is InChI=1S/C16H13N3/c1-12-15(14-8-5-9-17-10-14)11-18-16(19-12)13-6-3-2-4-7-13/h2-11H,1H3. The smallest absolute Gasteiger partial charge is 0.159 e. The molecule has 3 heteroatoms. The second-order valence-corrected chi connectivity index (χ2v) is 4.30. The van der Waals surface area contributed by atoms with Gasteiger partial charge in [-0.1, -0.05) is 36.4 Å². The van der Waals surface area contributed by atoms with Crippen molar-refractivity contribution in [1.82, 2.24) is 15.0 Å². The van der Waals surface area contributed by atoms with Crippen molar-refractivity contribution in [3.63, 3.8) is 0 Å². The van der Waals surface area contributed by atoms with E-state index in [4.69, 9.17) is 0 Å². The average molecular weight is 247 g/mol. The average Bonchev–Trinajstić information content (AvgIpc) is 2.49. The van der Waals surface area contributed by atoms with E-state index in [9.17, 15) is 0 Å². The van der Waals surface area contributed by atoms with Crippen molar-refractivity contribution in [2.45, 2.75) is 6.92 Å². The molecular weight excluding hydrogens is 234 g/mol. The molecule has 0 aliphatic carbocycles. The Morgan fingerprint density at radius 2 is 1.63 bits per heavy atom. The fourth-order valence-electron chi connectivity index (χ4n) is 2.00. The molecule has 92 valence electrons. The van der Waals surface area contributed by atoms with Gasteiger partial charge in [-0.15, -0.1) is 0 Å². The van der Waals surface area contributed by atoms with Crippen molar-refractivity contribution >= 4 is 0 Å². The molecule has 2 aromatic heterocycles. The lowest BCUT2D eigenvalue weighted by molar-refractivity contribution is 1.11. The molecule has 1 aromatic carbocycles. The van der Waals surface area contributed by atoms with E-state index in [2.05, 4.69) is 15.0 Å². The third-order valence-electron chi connectivity index (χ3n) is 2.98. The van der Waals surface area contributed by atoms with Gasteiger partial charge in [0.2, 0.25) is 0 Å². The predicted molar refractivity (Wildman–Crippen MR) is 75.4 cm³/mol. The Morgan fingerprint density at radius 1 is 0.842 bits per heavy atom. The predicted octanol–water partition coefficient (Wildman–Crippen LogP) is 3.51. The zero-order valence-corrected chi connectivity index (χ0v) is 10.6. The topological polar surface area (TPSA) is 38.7 Å². The summed E-state index contributed by atoms with van der Waals surface area (Å²) < 4.78 is 0. The molecule has 0 N–H and O–H groups in total. The van der Waals surface area contributed by atoms with Crippen LogP contribution in [0.5, 0.6) is 0 Å². The van der Waals surface area contributed by atoms with Crippen LogP contribution in [0, 0.1) is 6.92 Å². The van der Waals surface area contributed by atoms with Crippen LogP contribution in [0.2, 0.25) is 0 Å². The molecule has 0 saturated heterocycles. The van der Waals surface area contributed by atoms with E-state index < -0.39 is 0 Å². The zero-order valence-electron chi connectivity index (χ0n) is 10.6. The quantitative estimate of drug-likeness (QED) is 0.695. The molecule has 3 nitrogen and oxygen atoms in total. The molecule has 0 aliphatic rings. The van der Waals surface area contributed by atoms with Gasteiger partial charge in [0.15, 0.2) is 5.82 Å². The molecule has 19 heavy (non-hydrogen) atoms. The van der Waals surface area contributed by atoms with Gasteiger partial charge in [0, 0.05) is 41.0 Å². The number of hydrogen-bond acceptors (Lipinski definition) is 3. The largest absolute Gasteiger partial charge is 0.264 e. The summed E-state index contributed by atoms with van der Waals surface area (Å²) in [4.78, 5) is 13.2. The fraction of sp³-hybridized carbons (Fsp3) is 0.0625. The second-order valence-electron chi connectivity index (χ2n) is 4.30. The number of pyridine rings is 1. The molecule has 0 atom stereocenters. The van der Waals surface area contributed by atoms with Crippen LogP contribution in [0.4, 0.5) is 0 Å². The Bertz CT molecular complexity index is 679. The molecule has 0 fully saturated rings. The van der Waals surface area contributed by atoms with Gasteiger partial charge in [0.1, 0.15) is 0 Å². The van der Waals surface area contributed by atoms with Gasteiger partial charge in [-0.25, -0.2) is 9.97 Å². The van der Waals surface area contributed by atoms with E-state index in [1.54, 1.807) is 6.20 Å². The van der Waals surface area contributed by atoms with E-state index in [1.807, 2.05) is 61.8 Å². The van der Waals surface area contributed by atoms with Crippen molar-refractivity contribution in [3.8, 4) is 22.5 Å². The first-order valence-electron chi connectivity index (χ1n) is 6.14. The number of hydrogen-bond donors (Lipinski definition) is 0. The van der Waals surface area contributed by atoms with Crippen molar-refractivity contribution in [3.05, 3.63) is 66.7 Å². The molecular formula is C16H13N3. The third-order valence-corrected chi connectivity index (χ3v) is 2.98. The van der Waals surface area contributed by atoms with Crippen molar-refractivity contribution in [1.29, 1.82) is 0 Å². The molecule has 0 aliphatic heterocycles. The van der Waals surface area contributed by atoms with E-state index in [0.717, 1.165) is 28.2 Å². The highest BCUT2D eigenvalue weighted by molar-refractivity contribution is 5.66. The molecule has 0 bridgehead atoms. The number of benzene rings is 1. The molecule has 0 unspecified atom stereocenters. The first-order chi connectivity index (χ1) is 9.34. The van der Waals surface area contributed by atoms with Crippen molar-refractivity contribution in [2.75, 3.05) is 0 Å². The highest BCUT2D eigenvalue weighted by Gasteiger charge is 2.06. The molecule has 0 saturated carbocycles.